The van der Waals surface area contributed by atoms with Crippen LogP contribution in [0.1, 0.15) is 28.7 Å². The largest absolute Gasteiger partial charge is 0.492 e. The van der Waals surface area contributed by atoms with Crippen molar-refractivity contribution in [3.8, 4) is 5.75 Å². The third-order valence-corrected chi connectivity index (χ3v) is 3.32. The van der Waals surface area contributed by atoms with Gasteiger partial charge in [0.1, 0.15) is 5.75 Å². The molecule has 112 valence electrons. The first-order valence-corrected chi connectivity index (χ1v) is 6.78. The Labute approximate surface area is 123 Å². The molecule has 6 nitrogen and oxygen atoms in total. The van der Waals surface area contributed by atoms with Gasteiger partial charge in [0.25, 0.3) is 5.91 Å². The molecule has 0 spiro atoms. The van der Waals surface area contributed by atoms with Crippen molar-refractivity contribution in [3.05, 3.63) is 35.2 Å². The molecule has 1 amide bonds. The molecule has 0 aliphatic rings. The van der Waals surface area contributed by atoms with Crippen LogP contribution in [-0.2, 0) is 7.05 Å². The molecule has 2 rings (SSSR count). The van der Waals surface area contributed by atoms with Crippen LogP contribution in [0.15, 0.2) is 18.2 Å². The predicted octanol–water partition coefficient (Wildman–Crippen LogP) is 2.27. The number of anilines is 2. The summed E-state index contributed by atoms with van der Waals surface area (Å²) in [6, 6.07) is 5.01. The number of hydrogen-bond acceptors (Lipinski definition) is 4. The van der Waals surface area contributed by atoms with Crippen LogP contribution >= 0.6 is 0 Å². The van der Waals surface area contributed by atoms with Crippen molar-refractivity contribution in [1.82, 2.24) is 9.78 Å². The summed E-state index contributed by atoms with van der Waals surface area (Å²) >= 11 is 0. The van der Waals surface area contributed by atoms with E-state index in [2.05, 4.69) is 10.4 Å². The molecule has 6 heteroatoms. The smallest absolute Gasteiger partial charge is 0.255 e. The van der Waals surface area contributed by atoms with Crippen LogP contribution in [-0.4, -0.2) is 22.3 Å². The molecule has 1 aromatic carbocycles. The van der Waals surface area contributed by atoms with E-state index >= 15 is 0 Å². The Balaban J connectivity index is 2.22. The molecule has 0 atom stereocenters. The lowest BCUT2D eigenvalue weighted by Gasteiger charge is -2.09. The second-order valence-corrected chi connectivity index (χ2v) is 4.81. The van der Waals surface area contributed by atoms with E-state index in [1.54, 1.807) is 22.9 Å². The first kappa shape index (κ1) is 14.9. The molecular weight excluding hydrogens is 268 g/mol. The molecule has 1 aromatic heterocycles. The fraction of sp³-hybridized carbons (Fsp3) is 0.333. The van der Waals surface area contributed by atoms with Gasteiger partial charge in [-0.1, -0.05) is 0 Å². The number of nitrogen functional groups attached to an aromatic ring is 1. The number of aromatic nitrogens is 2. The van der Waals surface area contributed by atoms with Gasteiger partial charge in [-0.05, 0) is 39.0 Å². The fourth-order valence-electron chi connectivity index (χ4n) is 2.12. The number of aryl methyl sites for hydroxylation is 2. The highest BCUT2D eigenvalue weighted by Crippen LogP contribution is 2.24. The highest BCUT2D eigenvalue weighted by molar-refractivity contribution is 6.05. The average Bonchev–Trinajstić information content (AvgIpc) is 2.67. The third-order valence-electron chi connectivity index (χ3n) is 3.32. The Kier molecular flexibility index (Phi) is 4.16. The molecule has 0 saturated heterocycles. The van der Waals surface area contributed by atoms with E-state index in [4.69, 9.17) is 10.5 Å². The zero-order valence-electron chi connectivity index (χ0n) is 12.7. The van der Waals surface area contributed by atoms with Gasteiger partial charge in [-0.25, -0.2) is 0 Å². The van der Waals surface area contributed by atoms with Crippen molar-refractivity contribution in [2.24, 2.45) is 7.05 Å². The molecule has 3 N–H and O–H groups in total. The number of nitrogens with one attached hydrogen (secondary N) is 1. The van der Waals surface area contributed by atoms with Gasteiger partial charge in [-0.3, -0.25) is 9.48 Å². The second kappa shape index (κ2) is 5.87. The van der Waals surface area contributed by atoms with Crippen LogP contribution in [0.3, 0.4) is 0 Å². The number of nitrogens with two attached hydrogens (primary N) is 1. The van der Waals surface area contributed by atoms with Crippen LogP contribution in [0.4, 0.5) is 11.4 Å². The average molecular weight is 288 g/mol. The minimum Gasteiger partial charge on any atom is -0.492 e. The molecular formula is C15H20N4O2. The fourth-order valence-corrected chi connectivity index (χ4v) is 2.12. The molecule has 0 aliphatic heterocycles. The maximum Gasteiger partial charge on any atom is 0.255 e. The predicted molar refractivity (Wildman–Crippen MR) is 82.7 cm³/mol. The Morgan fingerprint density at radius 1 is 1.43 bits per heavy atom. The number of carbonyl (C=O) groups is 1. The highest BCUT2D eigenvalue weighted by atomic mass is 16.5. The molecule has 0 bridgehead atoms. The number of benzene rings is 1. The van der Waals surface area contributed by atoms with Gasteiger partial charge in [0, 0.05) is 12.6 Å². The molecule has 0 unspecified atom stereocenters. The van der Waals surface area contributed by atoms with Gasteiger partial charge in [0.05, 0.1) is 29.4 Å². The van der Waals surface area contributed by atoms with Crippen molar-refractivity contribution in [3.63, 3.8) is 0 Å². The van der Waals surface area contributed by atoms with Crippen molar-refractivity contribution in [2.45, 2.75) is 20.8 Å². The minimum absolute atomic E-state index is 0.219. The number of ether oxygens (including phenoxy) is 1. The number of carbonyl (C=O) groups excluding carboxylic acids is 1. The lowest BCUT2D eigenvalue weighted by atomic mass is 10.1. The normalized spacial score (nSPS) is 10.5. The lowest BCUT2D eigenvalue weighted by Crippen LogP contribution is -2.13. The van der Waals surface area contributed by atoms with Crippen LogP contribution in [0.25, 0.3) is 0 Å². The Hall–Kier alpha value is -2.50. The molecule has 0 saturated carbocycles. The second-order valence-electron chi connectivity index (χ2n) is 4.81. The van der Waals surface area contributed by atoms with E-state index in [0.29, 0.717) is 23.6 Å². The molecule has 0 radical (unpaired) electrons. The van der Waals surface area contributed by atoms with Crippen LogP contribution < -0.4 is 15.8 Å². The summed E-state index contributed by atoms with van der Waals surface area (Å²) in [7, 11) is 1.84. The van der Waals surface area contributed by atoms with E-state index in [-0.39, 0.29) is 5.91 Å². The molecule has 21 heavy (non-hydrogen) atoms. The summed E-state index contributed by atoms with van der Waals surface area (Å²) in [4.78, 5) is 12.3. The quantitative estimate of drug-likeness (QED) is 0.845. The monoisotopic (exact) mass is 288 g/mol. The highest BCUT2D eigenvalue weighted by Gasteiger charge is 2.14. The molecule has 0 fully saturated rings. The van der Waals surface area contributed by atoms with Crippen LogP contribution in [0, 0.1) is 13.8 Å². The van der Waals surface area contributed by atoms with Crippen molar-refractivity contribution >= 4 is 17.3 Å². The standard InChI is InChI=1S/C15H20N4O2/c1-5-21-13-7-6-11(8-12(13)16)15(20)17-14-9(2)18-19(4)10(14)3/h6-8H,5,16H2,1-4H3,(H,17,20). The molecule has 1 heterocycles. The maximum absolute atomic E-state index is 12.3. The van der Waals surface area contributed by atoms with E-state index in [9.17, 15) is 4.79 Å². The summed E-state index contributed by atoms with van der Waals surface area (Å²) in [5, 5.41) is 7.15. The number of rotatable bonds is 4. The van der Waals surface area contributed by atoms with Crippen molar-refractivity contribution < 1.29 is 9.53 Å². The summed E-state index contributed by atoms with van der Waals surface area (Å²) < 4.78 is 7.09. The van der Waals surface area contributed by atoms with Gasteiger partial charge >= 0.3 is 0 Å². The van der Waals surface area contributed by atoms with Gasteiger partial charge in [0.2, 0.25) is 0 Å². The zero-order chi connectivity index (χ0) is 15.6. The Bertz CT molecular complexity index is 677. The summed E-state index contributed by atoms with van der Waals surface area (Å²) in [5.74, 6) is 0.367. The van der Waals surface area contributed by atoms with E-state index in [1.165, 1.54) is 0 Å². The summed E-state index contributed by atoms with van der Waals surface area (Å²) in [6.07, 6.45) is 0. The van der Waals surface area contributed by atoms with Gasteiger partial charge in [-0.2, -0.15) is 5.10 Å². The molecule has 2 aromatic rings. The minimum atomic E-state index is -0.219. The topological polar surface area (TPSA) is 82.2 Å². The van der Waals surface area contributed by atoms with Crippen LogP contribution in [0.2, 0.25) is 0 Å². The Morgan fingerprint density at radius 2 is 2.14 bits per heavy atom. The van der Waals surface area contributed by atoms with Crippen molar-refractivity contribution in [2.75, 3.05) is 17.7 Å². The summed E-state index contributed by atoms with van der Waals surface area (Å²) in [5.41, 5.74) is 9.23. The third kappa shape index (κ3) is 2.99. The zero-order valence-corrected chi connectivity index (χ0v) is 12.7. The van der Waals surface area contributed by atoms with Crippen LogP contribution in [0.5, 0.6) is 5.75 Å². The SMILES string of the molecule is CCOc1ccc(C(=O)Nc2c(C)nn(C)c2C)cc1N. The maximum atomic E-state index is 12.3. The summed E-state index contributed by atoms with van der Waals surface area (Å²) in [6.45, 7) is 6.18. The van der Waals surface area contributed by atoms with E-state index in [1.807, 2.05) is 27.8 Å². The molecule has 0 aliphatic carbocycles. The number of amides is 1. The lowest BCUT2D eigenvalue weighted by molar-refractivity contribution is 0.102. The Morgan fingerprint density at radius 3 is 2.67 bits per heavy atom. The van der Waals surface area contributed by atoms with Gasteiger partial charge < -0.3 is 15.8 Å². The first-order chi connectivity index (χ1) is 9.93. The van der Waals surface area contributed by atoms with E-state index in [0.717, 1.165) is 17.1 Å². The number of hydrogen-bond donors (Lipinski definition) is 2. The number of nitrogens with zero attached hydrogens (tertiary/aromatic N) is 2. The van der Waals surface area contributed by atoms with Crippen molar-refractivity contribution in [1.29, 1.82) is 0 Å². The van der Waals surface area contributed by atoms with E-state index < -0.39 is 0 Å². The van der Waals surface area contributed by atoms with Gasteiger partial charge in [0.15, 0.2) is 0 Å². The van der Waals surface area contributed by atoms with Gasteiger partial charge in [-0.15, -0.1) is 0 Å². The first-order valence-electron chi connectivity index (χ1n) is 6.78.